The fourth-order valence-corrected chi connectivity index (χ4v) is 3.11. The first-order valence-corrected chi connectivity index (χ1v) is 9.41. The average molecular weight is 476 g/mol. The number of guanidine groups is 1. The zero-order valence-electron chi connectivity index (χ0n) is 14.5. The van der Waals surface area contributed by atoms with Crippen molar-refractivity contribution < 1.29 is 4.21 Å². The van der Waals surface area contributed by atoms with Crippen LogP contribution in [-0.2, 0) is 30.1 Å². The fourth-order valence-electron chi connectivity index (χ4n) is 2.07. The van der Waals surface area contributed by atoms with E-state index in [0.717, 1.165) is 17.9 Å². The molecular formula is C16H25IN6OS. The van der Waals surface area contributed by atoms with Crippen LogP contribution in [0.1, 0.15) is 18.3 Å². The van der Waals surface area contributed by atoms with Gasteiger partial charge in [-0.05, 0) is 12.5 Å². The van der Waals surface area contributed by atoms with Gasteiger partial charge in [-0.2, -0.15) is 5.10 Å². The Bertz CT molecular complexity index is 676. The molecule has 2 N–H and O–H groups in total. The third-order valence-corrected chi connectivity index (χ3v) is 4.64. The monoisotopic (exact) mass is 476 g/mol. The van der Waals surface area contributed by atoms with E-state index < -0.39 is 10.8 Å². The Morgan fingerprint density at radius 2 is 2.04 bits per heavy atom. The van der Waals surface area contributed by atoms with Crippen LogP contribution in [0.2, 0.25) is 0 Å². The highest BCUT2D eigenvalue weighted by atomic mass is 127. The van der Waals surface area contributed by atoms with E-state index in [0.29, 0.717) is 30.6 Å². The van der Waals surface area contributed by atoms with E-state index in [1.165, 1.54) is 6.33 Å². The highest BCUT2D eigenvalue weighted by Gasteiger charge is 2.04. The second kappa shape index (κ2) is 12.0. The number of rotatable bonds is 8. The Balaban J connectivity index is 0.00000312. The number of aryl methyl sites for hydroxylation is 1. The second-order valence-electron chi connectivity index (χ2n) is 5.20. The van der Waals surface area contributed by atoms with Gasteiger partial charge < -0.3 is 10.6 Å². The van der Waals surface area contributed by atoms with Crippen molar-refractivity contribution in [1.82, 2.24) is 25.4 Å². The molecule has 0 aliphatic rings. The van der Waals surface area contributed by atoms with Crippen molar-refractivity contribution in [1.29, 1.82) is 0 Å². The summed E-state index contributed by atoms with van der Waals surface area (Å²) in [5.74, 6) is 2.63. The van der Waals surface area contributed by atoms with Gasteiger partial charge in [-0.3, -0.25) is 8.89 Å². The number of nitrogens with one attached hydrogen (secondary N) is 2. The number of benzene rings is 1. The maximum absolute atomic E-state index is 12.1. The van der Waals surface area contributed by atoms with Crippen LogP contribution >= 0.6 is 24.0 Å². The van der Waals surface area contributed by atoms with Crippen molar-refractivity contribution in [3.05, 3.63) is 48.0 Å². The number of hydrogen-bond acceptors (Lipinski definition) is 4. The Morgan fingerprint density at radius 1 is 1.28 bits per heavy atom. The molecule has 0 bridgehead atoms. The molecule has 1 atom stereocenters. The van der Waals surface area contributed by atoms with Crippen molar-refractivity contribution in [2.45, 2.75) is 19.2 Å². The first-order chi connectivity index (χ1) is 11.7. The number of aromatic nitrogens is 3. The van der Waals surface area contributed by atoms with Crippen molar-refractivity contribution in [3.63, 3.8) is 0 Å². The van der Waals surface area contributed by atoms with Gasteiger partial charge in [0.25, 0.3) is 0 Å². The van der Waals surface area contributed by atoms with Gasteiger partial charge in [0.15, 0.2) is 5.96 Å². The summed E-state index contributed by atoms with van der Waals surface area (Å²) in [4.78, 5) is 8.61. The summed E-state index contributed by atoms with van der Waals surface area (Å²) in [5.41, 5.74) is 1.10. The van der Waals surface area contributed by atoms with Crippen LogP contribution < -0.4 is 10.6 Å². The zero-order valence-corrected chi connectivity index (χ0v) is 17.7. The Morgan fingerprint density at radius 3 is 2.68 bits per heavy atom. The van der Waals surface area contributed by atoms with E-state index in [-0.39, 0.29) is 24.0 Å². The quantitative estimate of drug-likeness (QED) is 0.342. The van der Waals surface area contributed by atoms with Gasteiger partial charge in [0, 0.05) is 42.4 Å². The lowest BCUT2D eigenvalue weighted by atomic mass is 10.2. The minimum absolute atomic E-state index is 0. The van der Waals surface area contributed by atoms with Crippen LogP contribution in [0.4, 0.5) is 0 Å². The topological polar surface area (TPSA) is 84.2 Å². The van der Waals surface area contributed by atoms with Gasteiger partial charge >= 0.3 is 0 Å². The first kappa shape index (κ1) is 21.6. The van der Waals surface area contributed by atoms with E-state index in [9.17, 15) is 4.21 Å². The molecule has 1 heterocycles. The molecule has 25 heavy (non-hydrogen) atoms. The molecule has 0 amide bonds. The Kier molecular flexibility index (Phi) is 10.3. The molecule has 0 saturated carbocycles. The van der Waals surface area contributed by atoms with Crippen molar-refractivity contribution in [2.75, 3.05) is 18.8 Å². The molecule has 0 aliphatic carbocycles. The SMILES string of the molecule is CCNC(=NCc1ncnn1C)NCCS(=O)Cc1ccccc1.I. The molecule has 0 aliphatic heterocycles. The van der Waals surface area contributed by atoms with Crippen LogP contribution in [0.3, 0.4) is 0 Å². The second-order valence-corrected chi connectivity index (χ2v) is 6.77. The summed E-state index contributed by atoms with van der Waals surface area (Å²) >= 11 is 0. The molecule has 0 radical (unpaired) electrons. The average Bonchev–Trinajstić information content (AvgIpc) is 2.98. The van der Waals surface area contributed by atoms with Crippen molar-refractivity contribution in [2.24, 2.45) is 12.0 Å². The predicted octanol–water partition coefficient (Wildman–Crippen LogP) is 1.44. The van der Waals surface area contributed by atoms with Crippen LogP contribution in [-0.4, -0.2) is 43.8 Å². The molecule has 2 aromatic rings. The lowest BCUT2D eigenvalue weighted by molar-refractivity contribution is 0.680. The molecule has 138 valence electrons. The molecular weight excluding hydrogens is 451 g/mol. The van der Waals surface area contributed by atoms with E-state index >= 15 is 0 Å². The first-order valence-electron chi connectivity index (χ1n) is 7.93. The molecule has 1 aromatic carbocycles. The van der Waals surface area contributed by atoms with E-state index in [1.54, 1.807) is 4.68 Å². The highest BCUT2D eigenvalue weighted by molar-refractivity contribution is 14.0. The molecule has 0 saturated heterocycles. The molecule has 0 spiro atoms. The summed E-state index contributed by atoms with van der Waals surface area (Å²) < 4.78 is 13.8. The Hall–Kier alpha value is -1.49. The van der Waals surface area contributed by atoms with E-state index in [1.807, 2.05) is 44.3 Å². The molecule has 7 nitrogen and oxygen atoms in total. The van der Waals surface area contributed by atoms with Crippen LogP contribution in [0.25, 0.3) is 0 Å². The smallest absolute Gasteiger partial charge is 0.191 e. The van der Waals surface area contributed by atoms with Crippen molar-refractivity contribution >= 4 is 40.7 Å². The predicted molar refractivity (Wildman–Crippen MR) is 112 cm³/mol. The molecule has 9 heteroatoms. The summed E-state index contributed by atoms with van der Waals surface area (Å²) in [6.07, 6.45) is 1.51. The van der Waals surface area contributed by atoms with Crippen LogP contribution in [0.5, 0.6) is 0 Å². The van der Waals surface area contributed by atoms with Crippen LogP contribution in [0.15, 0.2) is 41.7 Å². The number of aliphatic imine (C=N–C) groups is 1. The minimum Gasteiger partial charge on any atom is -0.357 e. The van der Waals surface area contributed by atoms with Crippen LogP contribution in [0, 0.1) is 0 Å². The maximum Gasteiger partial charge on any atom is 0.191 e. The van der Waals surface area contributed by atoms with Gasteiger partial charge in [0.1, 0.15) is 18.7 Å². The van der Waals surface area contributed by atoms with Gasteiger partial charge in [-0.25, -0.2) is 9.98 Å². The fraction of sp³-hybridized carbons (Fsp3) is 0.438. The van der Waals surface area contributed by atoms with E-state index in [2.05, 4.69) is 25.7 Å². The minimum atomic E-state index is -0.900. The Labute approximate surface area is 168 Å². The summed E-state index contributed by atoms with van der Waals surface area (Å²) in [6, 6.07) is 9.89. The summed E-state index contributed by atoms with van der Waals surface area (Å²) in [7, 11) is 0.938. The molecule has 1 unspecified atom stereocenters. The number of hydrogen-bond donors (Lipinski definition) is 2. The molecule has 2 rings (SSSR count). The maximum atomic E-state index is 12.1. The molecule has 0 fully saturated rings. The standard InChI is InChI=1S/C16H24N6OS.HI/c1-3-17-16(19-11-15-20-13-21-22(15)2)18-9-10-24(23)12-14-7-5-4-6-8-14;/h4-8,13H,3,9-12H2,1-2H3,(H2,17,18,19);1H. The third-order valence-electron chi connectivity index (χ3n) is 3.32. The normalized spacial score (nSPS) is 12.3. The van der Waals surface area contributed by atoms with Gasteiger partial charge in [0.05, 0.1) is 0 Å². The molecule has 1 aromatic heterocycles. The van der Waals surface area contributed by atoms with Gasteiger partial charge in [0.2, 0.25) is 0 Å². The van der Waals surface area contributed by atoms with Gasteiger partial charge in [-0.15, -0.1) is 24.0 Å². The summed E-state index contributed by atoms with van der Waals surface area (Å²) in [5, 5.41) is 10.4. The lowest BCUT2D eigenvalue weighted by Gasteiger charge is -2.11. The highest BCUT2D eigenvalue weighted by Crippen LogP contribution is 2.02. The number of halogens is 1. The zero-order chi connectivity index (χ0) is 17.2. The van der Waals surface area contributed by atoms with E-state index in [4.69, 9.17) is 0 Å². The van der Waals surface area contributed by atoms with Gasteiger partial charge in [-0.1, -0.05) is 30.3 Å². The lowest BCUT2D eigenvalue weighted by Crippen LogP contribution is -2.39. The third kappa shape index (κ3) is 7.95. The summed E-state index contributed by atoms with van der Waals surface area (Å²) in [6.45, 7) is 3.81. The number of nitrogens with zero attached hydrogens (tertiary/aromatic N) is 4. The largest absolute Gasteiger partial charge is 0.357 e. The van der Waals surface area contributed by atoms with Crippen molar-refractivity contribution in [3.8, 4) is 0 Å².